The normalized spacial score (nSPS) is 20.8. The van der Waals surface area contributed by atoms with Crippen LogP contribution in [-0.2, 0) is 0 Å². The Morgan fingerprint density at radius 3 is 2.37 bits per heavy atom. The van der Waals surface area contributed by atoms with Crippen LogP contribution in [0.1, 0.15) is 66.7 Å². The van der Waals surface area contributed by atoms with Crippen LogP contribution in [0.3, 0.4) is 0 Å². The SMILES string of the molecule is CCCCN(C(C)CC(C)(CO)NC(C)C)C1CC1. The monoisotopic (exact) mass is 270 g/mol. The van der Waals surface area contributed by atoms with E-state index in [4.69, 9.17) is 0 Å². The Labute approximate surface area is 119 Å². The highest BCUT2D eigenvalue weighted by Gasteiger charge is 2.35. The van der Waals surface area contributed by atoms with Gasteiger partial charge in [0.1, 0.15) is 0 Å². The third-order valence-corrected chi connectivity index (χ3v) is 4.08. The topological polar surface area (TPSA) is 35.5 Å². The lowest BCUT2D eigenvalue weighted by atomic mass is 9.92. The molecule has 19 heavy (non-hydrogen) atoms. The summed E-state index contributed by atoms with van der Waals surface area (Å²) >= 11 is 0. The van der Waals surface area contributed by atoms with Crippen LogP contribution in [0.2, 0.25) is 0 Å². The summed E-state index contributed by atoms with van der Waals surface area (Å²) < 4.78 is 0. The van der Waals surface area contributed by atoms with E-state index in [1.807, 2.05) is 0 Å². The summed E-state index contributed by atoms with van der Waals surface area (Å²) in [6, 6.07) is 1.76. The Morgan fingerprint density at radius 2 is 1.95 bits per heavy atom. The van der Waals surface area contributed by atoms with Crippen molar-refractivity contribution < 1.29 is 5.11 Å². The fourth-order valence-corrected chi connectivity index (χ4v) is 3.15. The molecule has 0 aromatic carbocycles. The van der Waals surface area contributed by atoms with Gasteiger partial charge in [0.25, 0.3) is 0 Å². The molecule has 1 rings (SSSR count). The Hall–Kier alpha value is -0.120. The molecule has 0 aromatic heterocycles. The van der Waals surface area contributed by atoms with Gasteiger partial charge < -0.3 is 10.4 Å². The first kappa shape index (κ1) is 16.9. The number of aliphatic hydroxyl groups is 1. The number of aliphatic hydroxyl groups excluding tert-OH is 1. The highest BCUT2D eigenvalue weighted by molar-refractivity contribution is 4.93. The number of hydrogen-bond acceptors (Lipinski definition) is 3. The Bertz CT molecular complexity index is 253. The van der Waals surface area contributed by atoms with E-state index in [9.17, 15) is 5.11 Å². The summed E-state index contributed by atoms with van der Waals surface area (Å²) in [6.07, 6.45) is 6.29. The lowest BCUT2D eigenvalue weighted by molar-refractivity contribution is 0.104. The average Bonchev–Trinajstić information content (AvgIpc) is 3.12. The molecule has 0 spiro atoms. The van der Waals surface area contributed by atoms with E-state index in [0.29, 0.717) is 12.1 Å². The van der Waals surface area contributed by atoms with Crippen LogP contribution in [-0.4, -0.2) is 46.8 Å². The predicted molar refractivity (Wildman–Crippen MR) is 82.5 cm³/mol. The Kier molecular flexibility index (Phi) is 6.78. The summed E-state index contributed by atoms with van der Waals surface area (Å²) in [7, 11) is 0. The first-order chi connectivity index (χ1) is 8.91. The van der Waals surface area contributed by atoms with E-state index in [-0.39, 0.29) is 12.1 Å². The molecule has 0 amide bonds. The minimum Gasteiger partial charge on any atom is -0.394 e. The molecule has 1 aliphatic rings. The first-order valence-corrected chi connectivity index (χ1v) is 8.06. The Balaban J connectivity index is 2.55. The molecule has 0 radical (unpaired) electrons. The van der Waals surface area contributed by atoms with Crippen molar-refractivity contribution in [2.24, 2.45) is 0 Å². The van der Waals surface area contributed by atoms with Crippen molar-refractivity contribution in [2.75, 3.05) is 13.2 Å². The third kappa shape index (κ3) is 5.80. The van der Waals surface area contributed by atoms with Crippen molar-refractivity contribution in [1.29, 1.82) is 0 Å². The molecule has 3 nitrogen and oxygen atoms in total. The van der Waals surface area contributed by atoms with Gasteiger partial charge >= 0.3 is 0 Å². The number of nitrogens with zero attached hydrogens (tertiary/aromatic N) is 1. The minimum absolute atomic E-state index is 0.160. The molecule has 1 saturated carbocycles. The number of rotatable bonds is 10. The van der Waals surface area contributed by atoms with Crippen molar-refractivity contribution in [1.82, 2.24) is 10.2 Å². The fourth-order valence-electron chi connectivity index (χ4n) is 3.15. The minimum atomic E-state index is -0.160. The van der Waals surface area contributed by atoms with Gasteiger partial charge in [0, 0.05) is 23.7 Å². The molecular weight excluding hydrogens is 236 g/mol. The molecule has 1 fully saturated rings. The van der Waals surface area contributed by atoms with Gasteiger partial charge in [-0.3, -0.25) is 4.90 Å². The summed E-state index contributed by atoms with van der Waals surface area (Å²) in [4.78, 5) is 2.67. The summed E-state index contributed by atoms with van der Waals surface area (Å²) in [5.74, 6) is 0. The lowest BCUT2D eigenvalue weighted by Crippen LogP contribution is -2.53. The Morgan fingerprint density at radius 1 is 1.32 bits per heavy atom. The maximum absolute atomic E-state index is 9.71. The van der Waals surface area contributed by atoms with Crippen LogP contribution in [0.25, 0.3) is 0 Å². The first-order valence-electron chi connectivity index (χ1n) is 8.06. The molecule has 0 aliphatic heterocycles. The van der Waals surface area contributed by atoms with Gasteiger partial charge in [0.2, 0.25) is 0 Å². The standard InChI is InChI=1S/C16H34N2O/c1-6-7-10-18(15-8-9-15)14(4)11-16(5,12-19)17-13(2)3/h13-15,17,19H,6-12H2,1-5H3. The van der Waals surface area contributed by atoms with E-state index >= 15 is 0 Å². The summed E-state index contributed by atoms with van der Waals surface area (Å²) in [5.41, 5.74) is -0.160. The zero-order valence-electron chi connectivity index (χ0n) is 13.6. The van der Waals surface area contributed by atoms with Crippen molar-refractivity contribution >= 4 is 0 Å². The number of nitrogens with one attached hydrogen (secondary N) is 1. The van der Waals surface area contributed by atoms with E-state index in [0.717, 1.165) is 12.5 Å². The van der Waals surface area contributed by atoms with E-state index in [2.05, 4.69) is 44.8 Å². The quantitative estimate of drug-likeness (QED) is 0.641. The maximum atomic E-state index is 9.71. The van der Waals surface area contributed by atoms with Gasteiger partial charge in [-0.05, 0) is 46.1 Å². The fraction of sp³-hybridized carbons (Fsp3) is 1.00. The van der Waals surface area contributed by atoms with Crippen LogP contribution < -0.4 is 5.32 Å². The summed E-state index contributed by atoms with van der Waals surface area (Å²) in [6.45, 7) is 12.4. The molecule has 0 heterocycles. The van der Waals surface area contributed by atoms with Gasteiger partial charge in [-0.2, -0.15) is 0 Å². The van der Waals surface area contributed by atoms with Crippen molar-refractivity contribution in [3.8, 4) is 0 Å². The van der Waals surface area contributed by atoms with Crippen molar-refractivity contribution in [2.45, 2.75) is 90.4 Å². The molecule has 2 unspecified atom stereocenters. The zero-order valence-corrected chi connectivity index (χ0v) is 13.6. The van der Waals surface area contributed by atoms with Gasteiger partial charge in [0.05, 0.1) is 6.61 Å². The third-order valence-electron chi connectivity index (χ3n) is 4.08. The van der Waals surface area contributed by atoms with Gasteiger partial charge in [-0.15, -0.1) is 0 Å². The lowest BCUT2D eigenvalue weighted by Gasteiger charge is -2.38. The zero-order chi connectivity index (χ0) is 14.5. The van der Waals surface area contributed by atoms with Crippen LogP contribution in [0, 0.1) is 0 Å². The largest absolute Gasteiger partial charge is 0.394 e. The number of hydrogen-bond donors (Lipinski definition) is 2. The second-order valence-electron chi connectivity index (χ2n) is 6.89. The van der Waals surface area contributed by atoms with E-state index in [1.54, 1.807) is 0 Å². The highest BCUT2D eigenvalue weighted by atomic mass is 16.3. The van der Waals surface area contributed by atoms with E-state index < -0.39 is 0 Å². The van der Waals surface area contributed by atoms with Gasteiger partial charge in [-0.25, -0.2) is 0 Å². The van der Waals surface area contributed by atoms with Crippen LogP contribution >= 0.6 is 0 Å². The van der Waals surface area contributed by atoms with Crippen LogP contribution in [0.15, 0.2) is 0 Å². The van der Waals surface area contributed by atoms with Crippen molar-refractivity contribution in [3.63, 3.8) is 0 Å². The molecule has 2 N–H and O–H groups in total. The molecular formula is C16H34N2O. The second kappa shape index (κ2) is 7.61. The molecule has 1 aliphatic carbocycles. The molecule has 114 valence electrons. The maximum Gasteiger partial charge on any atom is 0.0611 e. The predicted octanol–water partition coefficient (Wildman–Crippen LogP) is 2.78. The molecule has 0 saturated heterocycles. The highest BCUT2D eigenvalue weighted by Crippen LogP contribution is 2.31. The van der Waals surface area contributed by atoms with E-state index in [1.165, 1.54) is 32.2 Å². The average molecular weight is 270 g/mol. The molecule has 2 atom stereocenters. The smallest absolute Gasteiger partial charge is 0.0611 e. The molecule has 0 bridgehead atoms. The van der Waals surface area contributed by atoms with Crippen molar-refractivity contribution in [3.05, 3.63) is 0 Å². The summed E-state index contributed by atoms with van der Waals surface area (Å²) in [5, 5.41) is 13.2. The van der Waals surface area contributed by atoms with Crippen LogP contribution in [0.5, 0.6) is 0 Å². The second-order valence-corrected chi connectivity index (χ2v) is 6.89. The van der Waals surface area contributed by atoms with Crippen LogP contribution in [0.4, 0.5) is 0 Å². The van der Waals surface area contributed by atoms with Gasteiger partial charge in [0.15, 0.2) is 0 Å². The van der Waals surface area contributed by atoms with Gasteiger partial charge in [-0.1, -0.05) is 27.2 Å². The number of unbranched alkanes of at least 4 members (excludes halogenated alkanes) is 1. The molecule has 0 aromatic rings. The molecule has 3 heteroatoms.